The first-order chi connectivity index (χ1) is 12.0. The van der Waals surface area contributed by atoms with Gasteiger partial charge < -0.3 is 10.2 Å². The topological polar surface area (TPSA) is 62.3 Å². The molecule has 0 fully saturated rings. The maximum Gasteiger partial charge on any atom is 0.254 e. The first kappa shape index (κ1) is 17.4. The Kier molecular flexibility index (Phi) is 4.99. The average molecular weight is 355 g/mol. The molecule has 1 aromatic heterocycles. The lowest BCUT2D eigenvalue weighted by molar-refractivity contribution is -0.111. The van der Waals surface area contributed by atoms with Gasteiger partial charge >= 0.3 is 0 Å². The van der Waals surface area contributed by atoms with E-state index in [1.54, 1.807) is 35.6 Å². The second-order valence-electron chi connectivity index (χ2n) is 6.14. The van der Waals surface area contributed by atoms with Crippen molar-refractivity contribution < 1.29 is 9.59 Å². The first-order valence-corrected chi connectivity index (χ1v) is 9.08. The van der Waals surface area contributed by atoms with Gasteiger partial charge in [0.15, 0.2) is 0 Å². The fourth-order valence-electron chi connectivity index (χ4n) is 3.12. The molecule has 0 radical (unpaired) electrons. The number of carbonyl (C=O) groups excluding carboxylic acids is 2. The van der Waals surface area contributed by atoms with E-state index in [2.05, 4.69) is 16.9 Å². The summed E-state index contributed by atoms with van der Waals surface area (Å²) in [5, 5.41) is 3.73. The summed E-state index contributed by atoms with van der Waals surface area (Å²) in [4.78, 5) is 31.8. The van der Waals surface area contributed by atoms with Crippen molar-refractivity contribution in [3.05, 3.63) is 58.1 Å². The number of amides is 2. The van der Waals surface area contributed by atoms with Crippen molar-refractivity contribution in [2.24, 2.45) is 0 Å². The number of benzene rings is 1. The number of hydrogen-bond acceptors (Lipinski definition) is 4. The summed E-state index contributed by atoms with van der Waals surface area (Å²) in [6.45, 7) is 5.43. The van der Waals surface area contributed by atoms with Crippen molar-refractivity contribution >= 4 is 28.8 Å². The highest BCUT2D eigenvalue weighted by Gasteiger charge is 2.29. The molecule has 25 heavy (non-hydrogen) atoms. The number of fused-ring (bicyclic) bond motifs is 1. The van der Waals surface area contributed by atoms with Crippen LogP contribution in [0.2, 0.25) is 0 Å². The van der Waals surface area contributed by atoms with Gasteiger partial charge in [-0.25, -0.2) is 4.98 Å². The van der Waals surface area contributed by atoms with Crippen LogP contribution in [-0.2, 0) is 11.2 Å². The summed E-state index contributed by atoms with van der Waals surface area (Å²) in [6, 6.07) is 7.01. The van der Waals surface area contributed by atoms with Crippen LogP contribution in [0.15, 0.2) is 36.9 Å². The summed E-state index contributed by atoms with van der Waals surface area (Å²) in [6.07, 6.45) is 4.22. The van der Waals surface area contributed by atoms with Crippen LogP contribution in [0.3, 0.4) is 0 Å². The molecular weight excluding hydrogens is 334 g/mol. The normalized spacial score (nSPS) is 16.0. The van der Waals surface area contributed by atoms with Crippen molar-refractivity contribution in [3.8, 4) is 0 Å². The van der Waals surface area contributed by atoms with Crippen molar-refractivity contribution in [2.45, 2.75) is 32.2 Å². The van der Waals surface area contributed by atoms with E-state index in [1.165, 1.54) is 11.0 Å². The number of aromatic nitrogens is 1. The number of carbonyl (C=O) groups is 2. The number of nitrogens with zero attached hydrogens (tertiary/aromatic N) is 2. The molecule has 6 heteroatoms. The molecule has 0 saturated heterocycles. The zero-order valence-corrected chi connectivity index (χ0v) is 15.2. The highest BCUT2D eigenvalue weighted by molar-refractivity contribution is 7.11. The van der Waals surface area contributed by atoms with Crippen molar-refractivity contribution in [2.75, 3.05) is 12.4 Å². The van der Waals surface area contributed by atoms with Crippen molar-refractivity contribution in [1.82, 2.24) is 9.88 Å². The van der Waals surface area contributed by atoms with E-state index in [0.717, 1.165) is 30.0 Å². The van der Waals surface area contributed by atoms with E-state index in [1.807, 2.05) is 18.9 Å². The molecule has 5 nitrogen and oxygen atoms in total. The van der Waals surface area contributed by atoms with E-state index in [4.69, 9.17) is 0 Å². The molecule has 1 aliphatic carbocycles. The monoisotopic (exact) mass is 355 g/mol. The minimum atomic E-state index is -0.272. The van der Waals surface area contributed by atoms with Gasteiger partial charge in [-0.2, -0.15) is 0 Å². The minimum Gasteiger partial charge on any atom is -0.334 e. The second kappa shape index (κ2) is 7.19. The molecule has 1 aliphatic rings. The van der Waals surface area contributed by atoms with Crippen molar-refractivity contribution in [1.29, 1.82) is 0 Å². The van der Waals surface area contributed by atoms with Gasteiger partial charge in [-0.1, -0.05) is 6.58 Å². The molecule has 0 bridgehead atoms. The highest BCUT2D eigenvalue weighted by atomic mass is 32.1. The zero-order chi connectivity index (χ0) is 18.0. The standard InChI is InChI=1S/C19H21N3O2S/c1-4-17(23)21-14-10-8-13(9-11-14)19(24)22(3)16-7-5-6-15-18(16)25-12(2)20-15/h4,8-11,16H,1,5-7H2,2-3H3,(H,21,23). The molecule has 2 aromatic rings. The Morgan fingerprint density at radius 3 is 2.76 bits per heavy atom. The van der Waals surface area contributed by atoms with Crippen LogP contribution >= 0.6 is 11.3 Å². The smallest absolute Gasteiger partial charge is 0.254 e. The molecule has 3 rings (SSSR count). The van der Waals surface area contributed by atoms with E-state index < -0.39 is 0 Å². The molecule has 0 spiro atoms. The molecule has 1 atom stereocenters. The van der Waals surface area contributed by atoms with Gasteiger partial charge in [0.2, 0.25) is 5.91 Å². The predicted molar refractivity (Wildman–Crippen MR) is 99.9 cm³/mol. The van der Waals surface area contributed by atoms with Crippen LogP contribution in [0.25, 0.3) is 0 Å². The molecule has 1 unspecified atom stereocenters. The lowest BCUT2D eigenvalue weighted by Crippen LogP contribution is -2.32. The van der Waals surface area contributed by atoms with Gasteiger partial charge in [0, 0.05) is 18.3 Å². The fourth-order valence-corrected chi connectivity index (χ4v) is 4.28. The van der Waals surface area contributed by atoms with Gasteiger partial charge in [-0.15, -0.1) is 11.3 Å². The fraction of sp³-hybridized carbons (Fsp3) is 0.316. The molecule has 130 valence electrons. The number of hydrogen-bond donors (Lipinski definition) is 1. The maximum absolute atomic E-state index is 12.9. The predicted octanol–water partition coefficient (Wildman–Crippen LogP) is 3.73. The third kappa shape index (κ3) is 3.64. The number of thiazole rings is 1. The lowest BCUT2D eigenvalue weighted by atomic mass is 9.96. The largest absolute Gasteiger partial charge is 0.334 e. The Bertz CT molecular complexity index is 811. The molecular formula is C19H21N3O2S. The number of rotatable bonds is 4. The second-order valence-corrected chi connectivity index (χ2v) is 7.37. The summed E-state index contributed by atoms with van der Waals surface area (Å²) in [5.74, 6) is -0.294. The van der Waals surface area contributed by atoms with E-state index in [-0.39, 0.29) is 17.9 Å². The summed E-state index contributed by atoms with van der Waals surface area (Å²) < 4.78 is 0. The van der Waals surface area contributed by atoms with Crippen LogP contribution in [0, 0.1) is 6.92 Å². The number of anilines is 1. The molecule has 1 N–H and O–H groups in total. The maximum atomic E-state index is 12.9. The Hall–Kier alpha value is -2.47. The third-order valence-electron chi connectivity index (χ3n) is 4.40. The Labute approximate surface area is 151 Å². The molecule has 0 aliphatic heterocycles. The number of nitrogens with one attached hydrogen (secondary N) is 1. The molecule has 0 saturated carbocycles. The lowest BCUT2D eigenvalue weighted by Gasteiger charge is -2.30. The van der Waals surface area contributed by atoms with Crippen LogP contribution in [0.1, 0.15) is 44.8 Å². The van der Waals surface area contributed by atoms with Crippen LogP contribution in [0.5, 0.6) is 0 Å². The van der Waals surface area contributed by atoms with Gasteiger partial charge in [-0.3, -0.25) is 9.59 Å². The van der Waals surface area contributed by atoms with Crippen molar-refractivity contribution in [3.63, 3.8) is 0 Å². The zero-order valence-electron chi connectivity index (χ0n) is 14.4. The number of aryl methyl sites for hydroxylation is 2. The van der Waals surface area contributed by atoms with Gasteiger partial charge in [0.25, 0.3) is 5.91 Å². The third-order valence-corrected chi connectivity index (χ3v) is 5.52. The Balaban J connectivity index is 1.77. The van der Waals surface area contributed by atoms with Crippen LogP contribution < -0.4 is 5.32 Å². The average Bonchev–Trinajstić information content (AvgIpc) is 3.01. The van der Waals surface area contributed by atoms with E-state index in [9.17, 15) is 9.59 Å². The Morgan fingerprint density at radius 2 is 2.08 bits per heavy atom. The summed E-state index contributed by atoms with van der Waals surface area (Å²) >= 11 is 1.69. The van der Waals surface area contributed by atoms with Gasteiger partial charge in [0.05, 0.1) is 21.6 Å². The highest BCUT2D eigenvalue weighted by Crippen LogP contribution is 2.37. The van der Waals surface area contributed by atoms with Gasteiger partial charge in [0.1, 0.15) is 0 Å². The van der Waals surface area contributed by atoms with Crippen LogP contribution in [0.4, 0.5) is 5.69 Å². The SMILES string of the molecule is C=CC(=O)Nc1ccc(C(=O)N(C)C2CCCc3nc(C)sc32)cc1. The summed E-state index contributed by atoms with van der Waals surface area (Å²) in [7, 11) is 1.85. The van der Waals surface area contributed by atoms with E-state index >= 15 is 0 Å². The molecule has 1 heterocycles. The Morgan fingerprint density at radius 1 is 1.36 bits per heavy atom. The van der Waals surface area contributed by atoms with Gasteiger partial charge in [-0.05, 0) is 56.5 Å². The van der Waals surface area contributed by atoms with Crippen LogP contribution in [-0.4, -0.2) is 28.7 Å². The molecule has 2 amide bonds. The quantitative estimate of drug-likeness (QED) is 0.850. The molecule has 1 aromatic carbocycles. The summed E-state index contributed by atoms with van der Waals surface area (Å²) in [5.41, 5.74) is 2.38. The minimum absolute atomic E-state index is 0.0227. The van der Waals surface area contributed by atoms with E-state index in [0.29, 0.717) is 11.3 Å². The first-order valence-electron chi connectivity index (χ1n) is 8.26.